The maximum absolute atomic E-state index is 11.7. The summed E-state index contributed by atoms with van der Waals surface area (Å²) in [4.78, 5) is 11.7. The smallest absolute Gasteiger partial charge is 0.256 e. The quantitative estimate of drug-likeness (QED) is 0.661. The summed E-state index contributed by atoms with van der Waals surface area (Å²) in [5.74, 6) is -0.356. The van der Waals surface area contributed by atoms with Crippen molar-refractivity contribution in [3.63, 3.8) is 0 Å². The first-order valence-corrected chi connectivity index (χ1v) is 6.23. The van der Waals surface area contributed by atoms with Crippen molar-refractivity contribution >= 4 is 34.2 Å². The van der Waals surface area contributed by atoms with E-state index in [2.05, 4.69) is 27.9 Å². The molecule has 2 N–H and O–H groups in total. The van der Waals surface area contributed by atoms with Crippen LogP contribution in [0.2, 0.25) is 0 Å². The molecule has 1 rings (SSSR count). The van der Waals surface area contributed by atoms with E-state index in [4.69, 9.17) is 0 Å². The second-order valence-electron chi connectivity index (χ2n) is 3.53. The molecule has 0 aliphatic heterocycles. The van der Waals surface area contributed by atoms with Crippen LogP contribution in [-0.4, -0.2) is 21.0 Å². The number of nitrogens with one attached hydrogen (secondary N) is 1. The lowest BCUT2D eigenvalue weighted by Gasteiger charge is -2.21. The molecular formula is C11H14INO2. The number of amides is 1. The molecule has 0 fully saturated rings. The number of alkyl halides is 1. The molecule has 0 aliphatic rings. The summed E-state index contributed by atoms with van der Waals surface area (Å²) in [6, 6.07) is 9.13. The average molecular weight is 315 g/mol. The van der Waals surface area contributed by atoms with Gasteiger partial charge in [0.25, 0.3) is 5.91 Å². The van der Waals surface area contributed by atoms with Crippen LogP contribution in [0.5, 0.6) is 0 Å². The van der Waals surface area contributed by atoms with Gasteiger partial charge in [0.2, 0.25) is 0 Å². The average Bonchev–Trinajstić information content (AvgIpc) is 2.19. The van der Waals surface area contributed by atoms with Crippen LogP contribution >= 0.6 is 22.6 Å². The number of halogens is 1. The van der Waals surface area contributed by atoms with Crippen molar-refractivity contribution in [3.05, 3.63) is 30.3 Å². The Balaban J connectivity index is 2.63. The van der Waals surface area contributed by atoms with E-state index in [0.717, 1.165) is 4.43 Å². The van der Waals surface area contributed by atoms with E-state index in [-0.39, 0.29) is 5.91 Å². The van der Waals surface area contributed by atoms with Gasteiger partial charge in [0.1, 0.15) is 5.60 Å². The largest absolute Gasteiger partial charge is 0.380 e. The molecular weight excluding hydrogens is 301 g/mol. The molecule has 4 heteroatoms. The first-order valence-electron chi connectivity index (χ1n) is 4.71. The zero-order valence-corrected chi connectivity index (χ0v) is 10.7. The standard InChI is InChI=1S/C11H14INO2/c1-11(15,7-8-12)10(14)13-9-5-3-2-4-6-9/h2-6,15H,7-8H2,1H3,(H,13,14)/t11-/m0/s1/i12-4. The first-order chi connectivity index (χ1) is 7.06. The van der Waals surface area contributed by atoms with E-state index >= 15 is 0 Å². The highest BCUT2D eigenvalue weighted by molar-refractivity contribution is 14.1. The van der Waals surface area contributed by atoms with E-state index in [0.29, 0.717) is 12.1 Å². The molecule has 0 radical (unpaired) electrons. The van der Waals surface area contributed by atoms with Gasteiger partial charge in [-0.1, -0.05) is 40.8 Å². The highest BCUT2D eigenvalue weighted by Gasteiger charge is 2.29. The van der Waals surface area contributed by atoms with Crippen molar-refractivity contribution in [2.75, 3.05) is 9.74 Å². The van der Waals surface area contributed by atoms with Crippen LogP contribution in [0.1, 0.15) is 13.3 Å². The summed E-state index contributed by atoms with van der Waals surface area (Å²) in [6.45, 7) is 1.53. The van der Waals surface area contributed by atoms with Gasteiger partial charge in [-0.15, -0.1) is 0 Å². The highest BCUT2D eigenvalue weighted by atomic mass is 123. The molecule has 0 bridgehead atoms. The van der Waals surface area contributed by atoms with Gasteiger partial charge in [-0.3, -0.25) is 4.79 Å². The Labute approximate surface area is 103 Å². The minimum absolute atomic E-state index is 0.356. The predicted molar refractivity (Wildman–Crippen MR) is 69.2 cm³/mol. The number of anilines is 1. The summed E-state index contributed by atoms with van der Waals surface area (Å²) in [6.07, 6.45) is 0.451. The number of para-hydroxylation sites is 1. The SMILES string of the molecule is C[C@](O)(CC[123I])C(=O)Nc1ccccc1. The van der Waals surface area contributed by atoms with Gasteiger partial charge in [-0.25, -0.2) is 0 Å². The van der Waals surface area contributed by atoms with Crippen LogP contribution in [-0.2, 0) is 4.79 Å². The second-order valence-corrected chi connectivity index (χ2v) is 4.61. The van der Waals surface area contributed by atoms with Crippen molar-refractivity contribution in [1.82, 2.24) is 0 Å². The molecule has 3 nitrogen and oxygen atoms in total. The monoisotopic (exact) mass is 315 g/mol. The lowest BCUT2D eigenvalue weighted by molar-refractivity contribution is -0.132. The molecule has 0 aliphatic carbocycles. The first kappa shape index (κ1) is 12.4. The molecule has 0 heterocycles. The Bertz CT molecular complexity index is 325. The molecule has 0 saturated heterocycles. The number of rotatable bonds is 4. The molecule has 15 heavy (non-hydrogen) atoms. The Morgan fingerprint density at radius 3 is 2.60 bits per heavy atom. The summed E-state index contributed by atoms with van der Waals surface area (Å²) >= 11 is 2.14. The van der Waals surface area contributed by atoms with Gasteiger partial charge in [0.15, 0.2) is 0 Å². The van der Waals surface area contributed by atoms with Crippen molar-refractivity contribution in [2.45, 2.75) is 18.9 Å². The van der Waals surface area contributed by atoms with Crippen molar-refractivity contribution in [2.24, 2.45) is 0 Å². The lowest BCUT2D eigenvalue weighted by atomic mass is 10.0. The van der Waals surface area contributed by atoms with Gasteiger partial charge in [-0.2, -0.15) is 0 Å². The summed E-state index contributed by atoms with van der Waals surface area (Å²) < 4.78 is 0.743. The van der Waals surface area contributed by atoms with Gasteiger partial charge in [-0.05, 0) is 25.5 Å². The second kappa shape index (κ2) is 5.46. The number of benzene rings is 1. The van der Waals surface area contributed by atoms with Crippen molar-refractivity contribution < 1.29 is 9.90 Å². The van der Waals surface area contributed by atoms with Crippen LogP contribution in [0.25, 0.3) is 0 Å². The van der Waals surface area contributed by atoms with Crippen molar-refractivity contribution in [1.29, 1.82) is 0 Å². The van der Waals surface area contributed by atoms with Gasteiger partial charge in [0.05, 0.1) is 0 Å². The molecule has 0 unspecified atom stereocenters. The number of hydrogen-bond donors (Lipinski definition) is 2. The molecule has 1 atom stereocenters. The van der Waals surface area contributed by atoms with Crippen LogP contribution in [0.3, 0.4) is 0 Å². The Kier molecular flexibility index (Phi) is 4.53. The normalized spacial score (nSPS) is 14.3. The molecule has 1 aromatic rings. The summed E-state index contributed by atoms with van der Waals surface area (Å²) in [5, 5.41) is 12.5. The van der Waals surface area contributed by atoms with Gasteiger partial charge in [0, 0.05) is 10.1 Å². The molecule has 82 valence electrons. The van der Waals surface area contributed by atoms with Crippen LogP contribution in [0.15, 0.2) is 30.3 Å². The molecule has 0 saturated carbocycles. The maximum Gasteiger partial charge on any atom is 0.256 e. The van der Waals surface area contributed by atoms with E-state index in [1.54, 1.807) is 12.1 Å². The van der Waals surface area contributed by atoms with Gasteiger partial charge < -0.3 is 10.4 Å². The number of carbonyl (C=O) groups excluding carboxylic acids is 1. The molecule has 1 amide bonds. The minimum atomic E-state index is -1.29. The van der Waals surface area contributed by atoms with Gasteiger partial charge >= 0.3 is 0 Å². The third kappa shape index (κ3) is 3.79. The fourth-order valence-corrected chi connectivity index (χ4v) is 2.14. The van der Waals surface area contributed by atoms with Crippen LogP contribution < -0.4 is 5.32 Å². The fraction of sp³-hybridized carbons (Fsp3) is 0.364. The van der Waals surface area contributed by atoms with Crippen LogP contribution in [0, 0.1) is 0 Å². The maximum atomic E-state index is 11.7. The zero-order chi connectivity index (χ0) is 11.3. The Morgan fingerprint density at radius 2 is 2.07 bits per heavy atom. The summed E-state index contributed by atoms with van der Waals surface area (Å²) in [5.41, 5.74) is -0.590. The third-order valence-corrected chi connectivity index (χ3v) is 2.64. The van der Waals surface area contributed by atoms with Crippen LogP contribution in [0.4, 0.5) is 5.69 Å². The minimum Gasteiger partial charge on any atom is -0.380 e. The van der Waals surface area contributed by atoms with E-state index in [1.165, 1.54) is 6.92 Å². The Hall–Kier alpha value is -0.620. The highest BCUT2D eigenvalue weighted by Crippen LogP contribution is 2.15. The topological polar surface area (TPSA) is 49.3 Å². The van der Waals surface area contributed by atoms with E-state index in [9.17, 15) is 9.90 Å². The fourth-order valence-electron chi connectivity index (χ4n) is 1.08. The molecule has 0 aromatic heterocycles. The number of hydrogen-bond acceptors (Lipinski definition) is 2. The third-order valence-electron chi connectivity index (χ3n) is 2.10. The molecule has 0 spiro atoms. The predicted octanol–water partition coefficient (Wildman–Crippen LogP) is 2.20. The zero-order valence-electron chi connectivity index (χ0n) is 8.53. The number of carbonyl (C=O) groups is 1. The van der Waals surface area contributed by atoms with E-state index < -0.39 is 5.60 Å². The van der Waals surface area contributed by atoms with E-state index in [1.807, 2.05) is 18.2 Å². The van der Waals surface area contributed by atoms with Crippen molar-refractivity contribution in [3.8, 4) is 0 Å². The Morgan fingerprint density at radius 1 is 1.47 bits per heavy atom. The summed E-state index contributed by atoms with van der Waals surface area (Å²) in [7, 11) is 0. The lowest BCUT2D eigenvalue weighted by Crippen LogP contribution is -2.40. The molecule has 1 aromatic carbocycles. The number of aliphatic hydroxyl groups is 1.